The molecule has 0 unspecified atom stereocenters. The van der Waals surface area contributed by atoms with Crippen molar-refractivity contribution in [2.24, 2.45) is 0 Å². The van der Waals surface area contributed by atoms with Crippen molar-refractivity contribution in [1.29, 1.82) is 0 Å². The van der Waals surface area contributed by atoms with Crippen LogP contribution >= 0.6 is 23.1 Å². The molecule has 0 amide bonds. The second-order valence-electron chi connectivity index (χ2n) is 5.33. The van der Waals surface area contributed by atoms with Gasteiger partial charge in [0, 0.05) is 4.88 Å². The van der Waals surface area contributed by atoms with E-state index in [1.165, 1.54) is 22.2 Å². The Morgan fingerprint density at radius 1 is 1.18 bits per heavy atom. The normalized spacial score (nSPS) is 16.9. The Hall–Kier alpha value is -1.85. The number of thioether (sulfide) groups is 1. The molecular weight excluding hydrogens is 312 g/mol. The SMILES string of the molecule is Cc1sc2c(c1C)c(=O)nc1n2[C@@H](c2ccccc2)C=CS1. The van der Waals surface area contributed by atoms with E-state index in [0.717, 1.165) is 20.9 Å². The van der Waals surface area contributed by atoms with Crippen LogP contribution in [0.1, 0.15) is 22.0 Å². The molecule has 3 heterocycles. The zero-order valence-electron chi connectivity index (χ0n) is 12.2. The highest BCUT2D eigenvalue weighted by atomic mass is 32.2. The third-order valence-electron chi connectivity index (χ3n) is 4.06. The Kier molecular flexibility index (Phi) is 3.20. The van der Waals surface area contributed by atoms with Crippen molar-refractivity contribution in [2.45, 2.75) is 25.0 Å². The molecule has 3 aromatic rings. The second-order valence-corrected chi connectivity index (χ2v) is 7.41. The first kappa shape index (κ1) is 13.8. The van der Waals surface area contributed by atoms with Gasteiger partial charge in [0.05, 0.1) is 11.4 Å². The van der Waals surface area contributed by atoms with E-state index in [4.69, 9.17) is 0 Å². The second kappa shape index (κ2) is 5.11. The summed E-state index contributed by atoms with van der Waals surface area (Å²) in [6.45, 7) is 4.07. The van der Waals surface area contributed by atoms with Gasteiger partial charge in [-0.2, -0.15) is 4.98 Å². The van der Waals surface area contributed by atoms with Gasteiger partial charge in [0.1, 0.15) is 4.83 Å². The maximum atomic E-state index is 12.4. The van der Waals surface area contributed by atoms with Crippen molar-refractivity contribution in [3.8, 4) is 0 Å². The van der Waals surface area contributed by atoms with Crippen molar-refractivity contribution in [3.63, 3.8) is 0 Å². The molecule has 22 heavy (non-hydrogen) atoms. The van der Waals surface area contributed by atoms with Gasteiger partial charge in [-0.25, -0.2) is 0 Å². The number of rotatable bonds is 1. The van der Waals surface area contributed by atoms with E-state index in [1.54, 1.807) is 11.3 Å². The molecular formula is C17H14N2OS2. The minimum atomic E-state index is -0.113. The van der Waals surface area contributed by atoms with Crippen LogP contribution in [0.2, 0.25) is 0 Å². The summed E-state index contributed by atoms with van der Waals surface area (Å²) in [5.74, 6) is 0. The molecule has 0 fully saturated rings. The van der Waals surface area contributed by atoms with Crippen molar-refractivity contribution in [3.05, 3.63) is 68.2 Å². The van der Waals surface area contributed by atoms with Crippen LogP contribution in [0.5, 0.6) is 0 Å². The number of hydrogen-bond donors (Lipinski definition) is 0. The first-order chi connectivity index (χ1) is 10.7. The Morgan fingerprint density at radius 2 is 1.95 bits per heavy atom. The van der Waals surface area contributed by atoms with Crippen LogP contribution in [0.4, 0.5) is 0 Å². The Morgan fingerprint density at radius 3 is 2.73 bits per heavy atom. The highest BCUT2D eigenvalue weighted by Crippen LogP contribution is 2.38. The number of thiophene rings is 1. The monoisotopic (exact) mass is 326 g/mol. The standard InChI is InChI=1S/C17H14N2OS2/c1-10-11(2)22-16-14(10)15(20)18-17-19(16)13(8-9-21-17)12-6-4-3-5-7-12/h3-9,13H,1-2H3/t13-/m1/s1. The smallest absolute Gasteiger partial charge is 0.282 e. The molecule has 0 N–H and O–H groups in total. The first-order valence-electron chi connectivity index (χ1n) is 7.07. The lowest BCUT2D eigenvalue weighted by molar-refractivity contribution is 0.627. The molecule has 1 aliphatic heterocycles. The Bertz CT molecular complexity index is 954. The lowest BCUT2D eigenvalue weighted by Gasteiger charge is -2.24. The van der Waals surface area contributed by atoms with Gasteiger partial charge in [0.25, 0.3) is 5.56 Å². The summed E-state index contributed by atoms with van der Waals surface area (Å²) in [5.41, 5.74) is 2.15. The van der Waals surface area contributed by atoms with E-state index in [1.807, 2.05) is 30.5 Å². The van der Waals surface area contributed by atoms with E-state index < -0.39 is 0 Å². The Labute approximate surface area is 136 Å². The molecule has 1 atom stereocenters. The van der Waals surface area contributed by atoms with Gasteiger partial charge >= 0.3 is 0 Å². The third-order valence-corrected chi connectivity index (χ3v) is 6.05. The van der Waals surface area contributed by atoms with Crippen LogP contribution in [-0.2, 0) is 0 Å². The quantitative estimate of drug-likeness (QED) is 0.626. The minimum Gasteiger partial charge on any atom is -0.300 e. The molecule has 4 rings (SSSR count). The molecule has 0 saturated carbocycles. The van der Waals surface area contributed by atoms with Crippen LogP contribution in [0.15, 0.2) is 51.8 Å². The largest absolute Gasteiger partial charge is 0.300 e. The minimum absolute atomic E-state index is 0.0884. The molecule has 2 aromatic heterocycles. The summed E-state index contributed by atoms with van der Waals surface area (Å²) in [4.78, 5) is 18.9. The molecule has 5 heteroatoms. The van der Waals surface area contributed by atoms with Gasteiger partial charge in [-0.05, 0) is 30.4 Å². The predicted octanol–water partition coefficient (Wildman–Crippen LogP) is 4.28. The molecule has 110 valence electrons. The van der Waals surface area contributed by atoms with Gasteiger partial charge in [0.15, 0.2) is 5.16 Å². The predicted molar refractivity (Wildman–Crippen MR) is 92.9 cm³/mol. The maximum Gasteiger partial charge on any atom is 0.282 e. The topological polar surface area (TPSA) is 34.9 Å². The average Bonchev–Trinajstić information content (AvgIpc) is 2.84. The summed E-state index contributed by atoms with van der Waals surface area (Å²) in [6.07, 6.45) is 2.17. The number of allylic oxidation sites excluding steroid dienone is 1. The number of hydrogen-bond acceptors (Lipinski definition) is 4. The molecule has 0 saturated heterocycles. The van der Waals surface area contributed by atoms with Crippen molar-refractivity contribution < 1.29 is 0 Å². The lowest BCUT2D eigenvalue weighted by atomic mass is 10.1. The van der Waals surface area contributed by atoms with E-state index in [0.29, 0.717) is 0 Å². The van der Waals surface area contributed by atoms with Gasteiger partial charge in [0.2, 0.25) is 0 Å². The average molecular weight is 326 g/mol. The Balaban J connectivity index is 2.07. The van der Waals surface area contributed by atoms with Gasteiger partial charge in [-0.1, -0.05) is 48.2 Å². The summed E-state index contributed by atoms with van der Waals surface area (Å²) in [7, 11) is 0. The van der Waals surface area contributed by atoms with Gasteiger partial charge < -0.3 is 4.57 Å². The fourth-order valence-corrected chi connectivity index (χ4v) is 4.86. The fourth-order valence-electron chi connectivity index (χ4n) is 2.81. The third kappa shape index (κ3) is 1.96. The number of benzene rings is 1. The molecule has 0 bridgehead atoms. The summed E-state index contributed by atoms with van der Waals surface area (Å²) < 4.78 is 2.20. The zero-order valence-corrected chi connectivity index (χ0v) is 13.9. The summed E-state index contributed by atoms with van der Waals surface area (Å²) in [5, 5.41) is 3.57. The zero-order chi connectivity index (χ0) is 15.3. The number of nitrogens with zero attached hydrogens (tertiary/aromatic N) is 2. The van der Waals surface area contributed by atoms with Crippen molar-refractivity contribution in [2.75, 3.05) is 0 Å². The van der Waals surface area contributed by atoms with Crippen molar-refractivity contribution >= 4 is 33.3 Å². The van der Waals surface area contributed by atoms with Gasteiger partial charge in [-0.15, -0.1) is 11.3 Å². The van der Waals surface area contributed by atoms with Crippen molar-refractivity contribution in [1.82, 2.24) is 9.55 Å². The molecule has 1 aromatic carbocycles. The highest BCUT2D eigenvalue weighted by molar-refractivity contribution is 8.02. The fraction of sp³-hybridized carbons (Fsp3) is 0.176. The molecule has 3 nitrogen and oxygen atoms in total. The molecule has 0 radical (unpaired) electrons. The van der Waals surface area contributed by atoms with Crippen LogP contribution in [0, 0.1) is 13.8 Å². The van der Waals surface area contributed by atoms with Crippen LogP contribution in [0.3, 0.4) is 0 Å². The summed E-state index contributed by atoms with van der Waals surface area (Å²) >= 11 is 3.19. The highest BCUT2D eigenvalue weighted by Gasteiger charge is 2.24. The molecule has 0 aliphatic carbocycles. The number of fused-ring (bicyclic) bond motifs is 3. The van der Waals surface area contributed by atoms with E-state index >= 15 is 0 Å². The van der Waals surface area contributed by atoms with E-state index in [2.05, 4.69) is 34.7 Å². The van der Waals surface area contributed by atoms with Crippen LogP contribution in [-0.4, -0.2) is 9.55 Å². The van der Waals surface area contributed by atoms with E-state index in [9.17, 15) is 4.79 Å². The number of aromatic nitrogens is 2. The van der Waals surface area contributed by atoms with E-state index in [-0.39, 0.29) is 11.6 Å². The van der Waals surface area contributed by atoms with Crippen LogP contribution < -0.4 is 5.56 Å². The number of aryl methyl sites for hydroxylation is 2. The maximum absolute atomic E-state index is 12.4. The summed E-state index contributed by atoms with van der Waals surface area (Å²) in [6, 6.07) is 10.4. The lowest BCUT2D eigenvalue weighted by Crippen LogP contribution is -2.20. The molecule has 0 spiro atoms. The first-order valence-corrected chi connectivity index (χ1v) is 8.77. The molecule has 1 aliphatic rings. The van der Waals surface area contributed by atoms with Crippen LogP contribution in [0.25, 0.3) is 10.2 Å². The van der Waals surface area contributed by atoms with Gasteiger partial charge in [-0.3, -0.25) is 4.79 Å².